The summed E-state index contributed by atoms with van der Waals surface area (Å²) in [5, 5.41) is 5.63. The number of nitrogens with one attached hydrogen (secondary N) is 1. The van der Waals surface area contributed by atoms with Crippen LogP contribution in [0.25, 0.3) is 5.69 Å². The molecule has 0 aliphatic heterocycles. The quantitative estimate of drug-likeness (QED) is 0.557. The number of carbonyl (C=O) groups is 1. The lowest BCUT2D eigenvalue weighted by Crippen LogP contribution is -2.19. The Morgan fingerprint density at radius 1 is 0.900 bits per heavy atom. The summed E-state index contributed by atoms with van der Waals surface area (Å²) in [6, 6.07) is 5.05. The Labute approximate surface area is 162 Å². The second kappa shape index (κ2) is 7.43. The Morgan fingerprint density at radius 2 is 1.50 bits per heavy atom. The zero-order chi connectivity index (χ0) is 22.3. The fraction of sp³-hybridized carbons (Fsp3) is 0.111. The molecule has 3 rings (SSSR count). The van der Waals surface area contributed by atoms with Crippen LogP contribution >= 0.6 is 0 Å². The summed E-state index contributed by atoms with van der Waals surface area (Å²) < 4.78 is 105. The number of aromatic nitrogens is 2. The lowest BCUT2D eigenvalue weighted by Gasteiger charge is -2.12. The highest BCUT2D eigenvalue weighted by Gasteiger charge is 2.35. The number of amides is 1. The standard InChI is InChI=1S/C18H9F8N3O/c19-12-7-9(17(21,22)23)8-13(20)15(12)29-6-5-14(28-29)27-16(30)10-3-1-2-4-11(10)18(24,25)26/h1-8H,(H,27,28,30). The monoisotopic (exact) mass is 435 g/mol. The minimum atomic E-state index is -4.98. The van der Waals surface area contributed by atoms with Gasteiger partial charge in [-0.05, 0) is 24.3 Å². The Bertz CT molecular complexity index is 1080. The molecule has 3 aromatic rings. The predicted molar refractivity (Wildman–Crippen MR) is 87.9 cm³/mol. The largest absolute Gasteiger partial charge is 0.417 e. The van der Waals surface area contributed by atoms with Crippen molar-refractivity contribution in [2.75, 3.05) is 5.32 Å². The average Bonchev–Trinajstić information content (AvgIpc) is 3.07. The molecule has 30 heavy (non-hydrogen) atoms. The summed E-state index contributed by atoms with van der Waals surface area (Å²) >= 11 is 0. The van der Waals surface area contributed by atoms with Gasteiger partial charge >= 0.3 is 12.4 Å². The Kier molecular flexibility index (Phi) is 5.27. The van der Waals surface area contributed by atoms with E-state index in [1.807, 2.05) is 5.32 Å². The summed E-state index contributed by atoms with van der Waals surface area (Å²) in [6.45, 7) is 0. The van der Waals surface area contributed by atoms with E-state index in [4.69, 9.17) is 0 Å². The number of nitrogens with zero attached hydrogens (tertiary/aromatic N) is 2. The molecule has 0 spiro atoms. The van der Waals surface area contributed by atoms with Crippen LogP contribution in [0, 0.1) is 11.6 Å². The highest BCUT2D eigenvalue weighted by atomic mass is 19.4. The summed E-state index contributed by atoms with van der Waals surface area (Å²) in [6.07, 6.45) is -8.87. The number of anilines is 1. The van der Waals surface area contributed by atoms with E-state index in [0.29, 0.717) is 10.7 Å². The van der Waals surface area contributed by atoms with E-state index in [2.05, 4.69) is 5.10 Å². The molecule has 1 heterocycles. The minimum Gasteiger partial charge on any atom is -0.305 e. The van der Waals surface area contributed by atoms with Crippen LogP contribution in [0.5, 0.6) is 0 Å². The maximum atomic E-state index is 14.0. The Balaban J connectivity index is 1.89. The van der Waals surface area contributed by atoms with Crippen molar-refractivity contribution in [1.29, 1.82) is 0 Å². The maximum absolute atomic E-state index is 14.0. The normalized spacial score (nSPS) is 12.1. The van der Waals surface area contributed by atoms with Gasteiger partial charge in [0.25, 0.3) is 5.91 Å². The van der Waals surface area contributed by atoms with E-state index in [0.717, 1.165) is 24.4 Å². The van der Waals surface area contributed by atoms with Crippen molar-refractivity contribution in [3.8, 4) is 5.69 Å². The molecule has 0 radical (unpaired) electrons. The van der Waals surface area contributed by atoms with Crippen molar-refractivity contribution in [2.45, 2.75) is 12.4 Å². The highest BCUT2D eigenvalue weighted by molar-refractivity contribution is 6.04. The van der Waals surface area contributed by atoms with Gasteiger partial charge in [-0.15, -0.1) is 5.10 Å². The van der Waals surface area contributed by atoms with Gasteiger partial charge in [-0.2, -0.15) is 26.3 Å². The lowest BCUT2D eigenvalue weighted by atomic mass is 10.1. The van der Waals surface area contributed by atoms with Gasteiger partial charge in [0, 0.05) is 12.3 Å². The van der Waals surface area contributed by atoms with Crippen molar-refractivity contribution in [2.24, 2.45) is 0 Å². The van der Waals surface area contributed by atoms with Gasteiger partial charge in [0.05, 0.1) is 16.7 Å². The molecule has 0 saturated carbocycles. The van der Waals surface area contributed by atoms with Gasteiger partial charge in [0.2, 0.25) is 0 Å². The van der Waals surface area contributed by atoms with Crippen LogP contribution in [0.15, 0.2) is 48.7 Å². The SMILES string of the molecule is O=C(Nc1ccn(-c2c(F)cc(C(F)(F)F)cc2F)n1)c1ccccc1C(F)(F)F. The van der Waals surface area contributed by atoms with Crippen LogP contribution in [0.4, 0.5) is 40.9 Å². The molecule has 2 aromatic carbocycles. The topological polar surface area (TPSA) is 46.9 Å². The molecule has 0 atom stereocenters. The van der Waals surface area contributed by atoms with Crippen LogP contribution in [0.2, 0.25) is 0 Å². The van der Waals surface area contributed by atoms with Crippen LogP contribution in [-0.4, -0.2) is 15.7 Å². The van der Waals surface area contributed by atoms with E-state index in [1.54, 1.807) is 0 Å². The van der Waals surface area contributed by atoms with E-state index >= 15 is 0 Å². The van der Waals surface area contributed by atoms with Gasteiger partial charge in [0.15, 0.2) is 17.5 Å². The summed E-state index contributed by atoms with van der Waals surface area (Å²) in [5.41, 5.74) is -4.43. The fourth-order valence-corrected chi connectivity index (χ4v) is 2.58. The predicted octanol–water partition coefficient (Wildman–Crippen LogP) is 5.44. The molecule has 1 amide bonds. The molecule has 0 fully saturated rings. The first-order valence-electron chi connectivity index (χ1n) is 7.98. The van der Waals surface area contributed by atoms with Crippen LogP contribution in [0.3, 0.4) is 0 Å². The van der Waals surface area contributed by atoms with E-state index in [1.165, 1.54) is 6.07 Å². The van der Waals surface area contributed by atoms with Crippen molar-refractivity contribution in [3.05, 3.63) is 77.0 Å². The van der Waals surface area contributed by atoms with Gasteiger partial charge < -0.3 is 5.32 Å². The highest BCUT2D eigenvalue weighted by Crippen LogP contribution is 2.33. The van der Waals surface area contributed by atoms with Crippen LogP contribution in [0.1, 0.15) is 21.5 Å². The Hall–Kier alpha value is -3.44. The second-order valence-electron chi connectivity index (χ2n) is 5.93. The third-order valence-electron chi connectivity index (χ3n) is 3.88. The second-order valence-corrected chi connectivity index (χ2v) is 5.93. The number of alkyl halides is 6. The van der Waals surface area contributed by atoms with E-state index in [9.17, 15) is 39.9 Å². The zero-order valence-corrected chi connectivity index (χ0v) is 14.4. The van der Waals surface area contributed by atoms with Gasteiger partial charge in [-0.3, -0.25) is 4.79 Å². The molecule has 4 nitrogen and oxygen atoms in total. The number of carbonyl (C=O) groups excluding carboxylic acids is 1. The van der Waals surface area contributed by atoms with Crippen molar-refractivity contribution in [1.82, 2.24) is 9.78 Å². The van der Waals surface area contributed by atoms with E-state index in [-0.39, 0.29) is 18.0 Å². The van der Waals surface area contributed by atoms with Crippen molar-refractivity contribution >= 4 is 11.7 Å². The maximum Gasteiger partial charge on any atom is 0.417 e. The molecule has 0 bridgehead atoms. The molecule has 0 saturated heterocycles. The molecule has 1 aromatic heterocycles. The van der Waals surface area contributed by atoms with Crippen LogP contribution < -0.4 is 5.32 Å². The molecule has 0 aliphatic rings. The van der Waals surface area contributed by atoms with Gasteiger partial charge in [-0.1, -0.05) is 12.1 Å². The summed E-state index contributed by atoms with van der Waals surface area (Å²) in [7, 11) is 0. The molecule has 0 unspecified atom stereocenters. The van der Waals surface area contributed by atoms with Crippen molar-refractivity contribution in [3.63, 3.8) is 0 Å². The number of halogens is 8. The molecule has 12 heteroatoms. The number of hydrogen-bond acceptors (Lipinski definition) is 2. The smallest absolute Gasteiger partial charge is 0.305 e. The lowest BCUT2D eigenvalue weighted by molar-refractivity contribution is -0.138. The van der Waals surface area contributed by atoms with Gasteiger partial charge in [0.1, 0.15) is 5.69 Å². The first kappa shape index (κ1) is 21.3. The zero-order valence-electron chi connectivity index (χ0n) is 14.4. The van der Waals surface area contributed by atoms with Crippen molar-refractivity contribution < 1.29 is 39.9 Å². The van der Waals surface area contributed by atoms with E-state index < -0.39 is 52.3 Å². The first-order valence-corrected chi connectivity index (χ1v) is 7.98. The average molecular weight is 435 g/mol. The Morgan fingerprint density at radius 3 is 2.07 bits per heavy atom. The molecule has 158 valence electrons. The first-order chi connectivity index (χ1) is 13.9. The number of benzene rings is 2. The third kappa shape index (κ3) is 4.26. The van der Waals surface area contributed by atoms with Crippen LogP contribution in [-0.2, 0) is 12.4 Å². The number of rotatable bonds is 3. The number of hydrogen-bond donors (Lipinski definition) is 1. The van der Waals surface area contributed by atoms with Gasteiger partial charge in [-0.25, -0.2) is 13.5 Å². The molecular formula is C18H9F8N3O. The third-order valence-corrected chi connectivity index (χ3v) is 3.88. The molecule has 1 N–H and O–H groups in total. The molecule has 0 aliphatic carbocycles. The fourth-order valence-electron chi connectivity index (χ4n) is 2.58. The summed E-state index contributed by atoms with van der Waals surface area (Å²) in [4.78, 5) is 12.2. The minimum absolute atomic E-state index is 0.0674. The molecular weight excluding hydrogens is 426 g/mol. The summed E-state index contributed by atoms with van der Waals surface area (Å²) in [5.74, 6) is -4.73.